The van der Waals surface area contributed by atoms with E-state index in [1.165, 1.54) is 11.0 Å². The topological polar surface area (TPSA) is 76.1 Å². The molecule has 0 unspecified atom stereocenters. The number of rotatable bonds is 5. The number of carbonyl (C=O) groups excluding carboxylic acids is 1. The van der Waals surface area contributed by atoms with Crippen molar-refractivity contribution in [1.29, 1.82) is 0 Å². The maximum atomic E-state index is 12.1. The van der Waals surface area contributed by atoms with E-state index in [0.717, 1.165) is 18.4 Å². The number of nitrogens with zero attached hydrogens (tertiary/aromatic N) is 1. The molecule has 0 saturated heterocycles. The van der Waals surface area contributed by atoms with E-state index in [1.54, 1.807) is 18.2 Å². The number of aliphatic carboxylic acids is 1. The lowest BCUT2D eigenvalue weighted by Gasteiger charge is -2.19. The fraction of sp³-hybridized carbons (Fsp3) is 0.375. The van der Waals surface area contributed by atoms with Crippen molar-refractivity contribution in [2.24, 2.45) is 0 Å². The van der Waals surface area contributed by atoms with E-state index < -0.39 is 5.97 Å². The Bertz CT molecular complexity index is 621. The van der Waals surface area contributed by atoms with Gasteiger partial charge in [0.1, 0.15) is 19.8 Å². The molecular weight excluding hydrogens is 286 g/mol. The Balaban J connectivity index is 1.69. The Hall–Kier alpha value is -2.50. The van der Waals surface area contributed by atoms with E-state index in [0.29, 0.717) is 24.7 Å². The summed E-state index contributed by atoms with van der Waals surface area (Å²) in [6.07, 6.45) is 4.82. The largest absolute Gasteiger partial charge is 0.486 e. The van der Waals surface area contributed by atoms with Gasteiger partial charge in [-0.2, -0.15) is 0 Å². The molecule has 116 valence electrons. The first-order valence-corrected chi connectivity index (χ1v) is 7.23. The van der Waals surface area contributed by atoms with E-state index in [1.807, 2.05) is 6.07 Å². The third kappa shape index (κ3) is 3.39. The highest BCUT2D eigenvalue weighted by molar-refractivity contribution is 5.94. The summed E-state index contributed by atoms with van der Waals surface area (Å²) in [7, 11) is 0. The van der Waals surface area contributed by atoms with Crippen molar-refractivity contribution < 1.29 is 24.2 Å². The monoisotopic (exact) mass is 303 g/mol. The average molecular weight is 303 g/mol. The molecule has 6 heteroatoms. The first kappa shape index (κ1) is 14.4. The van der Waals surface area contributed by atoms with Crippen LogP contribution in [0.1, 0.15) is 18.4 Å². The second-order valence-corrected chi connectivity index (χ2v) is 5.33. The molecule has 0 bridgehead atoms. The van der Waals surface area contributed by atoms with Crippen molar-refractivity contribution in [3.63, 3.8) is 0 Å². The van der Waals surface area contributed by atoms with Crippen LogP contribution in [0.5, 0.6) is 11.5 Å². The van der Waals surface area contributed by atoms with Crippen molar-refractivity contribution >= 4 is 18.0 Å². The van der Waals surface area contributed by atoms with E-state index in [2.05, 4.69) is 0 Å². The lowest BCUT2D eigenvalue weighted by Crippen LogP contribution is -2.36. The third-order valence-corrected chi connectivity index (χ3v) is 3.56. The highest BCUT2D eigenvalue weighted by Gasteiger charge is 2.32. The molecule has 1 aromatic rings. The fourth-order valence-corrected chi connectivity index (χ4v) is 2.35. The van der Waals surface area contributed by atoms with Gasteiger partial charge in [0.15, 0.2) is 11.5 Å². The zero-order chi connectivity index (χ0) is 15.5. The SMILES string of the molecule is O=C(O)CN(C(=O)C=Cc1ccc2c(c1)OCCO2)C1CC1. The molecule has 0 spiro atoms. The summed E-state index contributed by atoms with van der Waals surface area (Å²) in [6.45, 7) is 0.786. The van der Waals surface area contributed by atoms with E-state index in [9.17, 15) is 9.59 Å². The predicted octanol–water partition coefficient (Wildman–Crippen LogP) is 1.55. The molecule has 22 heavy (non-hydrogen) atoms. The summed E-state index contributed by atoms with van der Waals surface area (Å²) in [4.78, 5) is 24.4. The van der Waals surface area contributed by atoms with Gasteiger partial charge in [-0.15, -0.1) is 0 Å². The minimum absolute atomic E-state index is 0.0634. The summed E-state index contributed by atoms with van der Waals surface area (Å²) < 4.78 is 10.9. The Labute approximate surface area is 127 Å². The molecule has 1 aliphatic heterocycles. The number of fused-ring (bicyclic) bond motifs is 1. The second-order valence-electron chi connectivity index (χ2n) is 5.33. The molecule has 6 nitrogen and oxygen atoms in total. The van der Waals surface area contributed by atoms with Gasteiger partial charge in [0.05, 0.1) is 0 Å². The van der Waals surface area contributed by atoms with Crippen LogP contribution in [-0.4, -0.2) is 47.7 Å². The number of carboxylic acid groups (broad SMARTS) is 1. The van der Waals surface area contributed by atoms with Gasteiger partial charge in [0.2, 0.25) is 5.91 Å². The van der Waals surface area contributed by atoms with Gasteiger partial charge in [-0.1, -0.05) is 6.07 Å². The number of ether oxygens (including phenoxy) is 2. The van der Waals surface area contributed by atoms with Gasteiger partial charge in [-0.3, -0.25) is 9.59 Å². The first-order chi connectivity index (χ1) is 10.6. The summed E-state index contributed by atoms with van der Waals surface area (Å²) in [5.41, 5.74) is 0.809. The maximum absolute atomic E-state index is 12.1. The number of hydrogen-bond donors (Lipinski definition) is 1. The van der Waals surface area contributed by atoms with Gasteiger partial charge < -0.3 is 19.5 Å². The van der Waals surface area contributed by atoms with Crippen molar-refractivity contribution in [2.75, 3.05) is 19.8 Å². The minimum atomic E-state index is -0.993. The van der Waals surface area contributed by atoms with Crippen LogP contribution in [0.3, 0.4) is 0 Å². The van der Waals surface area contributed by atoms with Gasteiger partial charge in [0, 0.05) is 12.1 Å². The molecule has 1 saturated carbocycles. The fourth-order valence-electron chi connectivity index (χ4n) is 2.35. The summed E-state index contributed by atoms with van der Waals surface area (Å²) in [6, 6.07) is 5.50. The van der Waals surface area contributed by atoms with Gasteiger partial charge in [0.25, 0.3) is 0 Å². The van der Waals surface area contributed by atoms with Crippen LogP contribution < -0.4 is 9.47 Å². The quantitative estimate of drug-likeness (QED) is 0.835. The van der Waals surface area contributed by atoms with Crippen LogP contribution >= 0.6 is 0 Å². The van der Waals surface area contributed by atoms with Crippen molar-refractivity contribution in [1.82, 2.24) is 4.90 Å². The molecule has 0 atom stereocenters. The maximum Gasteiger partial charge on any atom is 0.323 e. The highest BCUT2D eigenvalue weighted by Crippen LogP contribution is 2.31. The first-order valence-electron chi connectivity index (χ1n) is 7.23. The van der Waals surface area contributed by atoms with E-state index in [4.69, 9.17) is 14.6 Å². The van der Waals surface area contributed by atoms with Crippen LogP contribution in [0.25, 0.3) is 6.08 Å². The molecule has 1 fully saturated rings. The highest BCUT2D eigenvalue weighted by atomic mass is 16.6. The third-order valence-electron chi connectivity index (χ3n) is 3.56. The molecule has 1 aliphatic carbocycles. The van der Waals surface area contributed by atoms with Gasteiger partial charge >= 0.3 is 5.97 Å². The van der Waals surface area contributed by atoms with Gasteiger partial charge in [-0.25, -0.2) is 0 Å². The normalized spacial score (nSPS) is 16.5. The van der Waals surface area contributed by atoms with Crippen LogP contribution in [-0.2, 0) is 9.59 Å². The smallest absolute Gasteiger partial charge is 0.323 e. The van der Waals surface area contributed by atoms with Crippen LogP contribution in [0, 0.1) is 0 Å². The van der Waals surface area contributed by atoms with Gasteiger partial charge in [-0.05, 0) is 36.6 Å². The zero-order valence-electron chi connectivity index (χ0n) is 12.0. The van der Waals surface area contributed by atoms with Crippen molar-refractivity contribution in [2.45, 2.75) is 18.9 Å². The molecular formula is C16H17NO5. The number of carboxylic acids is 1. The van der Waals surface area contributed by atoms with Crippen molar-refractivity contribution in [3.05, 3.63) is 29.8 Å². The molecule has 2 aliphatic rings. The standard InChI is InChI=1S/C16H17NO5/c18-15(17(10-16(19)20)12-3-4-12)6-2-11-1-5-13-14(9-11)22-8-7-21-13/h1-2,5-6,9,12H,3-4,7-8,10H2,(H,19,20). The van der Waals surface area contributed by atoms with Crippen LogP contribution in [0.2, 0.25) is 0 Å². The summed E-state index contributed by atoms with van der Waals surface area (Å²) >= 11 is 0. The zero-order valence-corrected chi connectivity index (χ0v) is 12.0. The molecule has 1 N–H and O–H groups in total. The summed E-state index contributed by atoms with van der Waals surface area (Å²) in [5, 5.41) is 8.88. The second kappa shape index (κ2) is 6.09. The predicted molar refractivity (Wildman–Crippen MR) is 78.8 cm³/mol. The number of amides is 1. The van der Waals surface area contributed by atoms with E-state index >= 15 is 0 Å². The van der Waals surface area contributed by atoms with E-state index in [-0.39, 0.29) is 18.5 Å². The van der Waals surface area contributed by atoms with Crippen LogP contribution in [0.15, 0.2) is 24.3 Å². The lowest BCUT2D eigenvalue weighted by atomic mass is 10.1. The van der Waals surface area contributed by atoms with Crippen molar-refractivity contribution in [3.8, 4) is 11.5 Å². The molecule has 1 amide bonds. The Kier molecular flexibility index (Phi) is 4.00. The average Bonchev–Trinajstić information content (AvgIpc) is 3.34. The number of benzene rings is 1. The number of carbonyl (C=O) groups is 2. The molecule has 1 aromatic carbocycles. The molecule has 1 heterocycles. The lowest BCUT2D eigenvalue weighted by molar-refractivity contribution is -0.143. The minimum Gasteiger partial charge on any atom is -0.486 e. The Morgan fingerprint density at radius 1 is 1.23 bits per heavy atom. The summed E-state index contributed by atoms with van der Waals surface area (Å²) in [5.74, 6) is 0.0819. The Morgan fingerprint density at radius 3 is 2.64 bits per heavy atom. The Morgan fingerprint density at radius 2 is 1.95 bits per heavy atom. The molecule has 0 aromatic heterocycles. The van der Waals surface area contributed by atoms with Crippen LogP contribution in [0.4, 0.5) is 0 Å². The number of hydrogen-bond acceptors (Lipinski definition) is 4. The molecule has 0 radical (unpaired) electrons. The molecule has 3 rings (SSSR count).